The minimum atomic E-state index is -0.494. The van der Waals surface area contributed by atoms with Crippen LogP contribution in [-0.4, -0.2) is 24.0 Å². The Morgan fingerprint density at radius 2 is 1.93 bits per heavy atom. The number of Topliss-reactive ketones (excluding diaryl/α,β-unsaturated/α-hetero) is 2. The zero-order valence-electron chi connectivity index (χ0n) is 10.0. The highest BCUT2D eigenvalue weighted by molar-refractivity contribution is 5.86. The highest BCUT2D eigenvalue weighted by atomic mass is 16.1. The lowest BCUT2D eigenvalue weighted by atomic mass is 10.0. The van der Waals surface area contributed by atoms with E-state index in [1.807, 2.05) is 13.8 Å². The van der Waals surface area contributed by atoms with Gasteiger partial charge in [-0.2, -0.15) is 0 Å². The highest BCUT2D eigenvalue weighted by Crippen LogP contribution is 2.01. The van der Waals surface area contributed by atoms with Crippen molar-refractivity contribution in [3.63, 3.8) is 0 Å². The Hall–Kier alpha value is -1.19. The summed E-state index contributed by atoms with van der Waals surface area (Å²) < 4.78 is 0. The molecule has 15 heavy (non-hydrogen) atoms. The van der Waals surface area contributed by atoms with Gasteiger partial charge >= 0.3 is 0 Å². The van der Waals surface area contributed by atoms with Gasteiger partial charge in [-0.05, 0) is 13.3 Å². The van der Waals surface area contributed by atoms with E-state index in [2.05, 4.69) is 5.32 Å². The Balaban J connectivity index is -0.000000529. The van der Waals surface area contributed by atoms with Crippen molar-refractivity contribution in [3.05, 3.63) is 0 Å². The number of amides is 1. The fourth-order valence-electron chi connectivity index (χ4n) is 1.01. The molecule has 0 fully saturated rings. The van der Waals surface area contributed by atoms with Gasteiger partial charge in [-0.1, -0.05) is 20.8 Å². The maximum absolute atomic E-state index is 11.2. The predicted octanol–water partition coefficient (Wildman–Crippen LogP) is 1.72. The van der Waals surface area contributed by atoms with Crippen LogP contribution in [0.3, 0.4) is 0 Å². The van der Waals surface area contributed by atoms with Crippen molar-refractivity contribution in [1.82, 2.24) is 5.32 Å². The molecule has 0 bridgehead atoms. The zero-order chi connectivity index (χ0) is 12.3. The Labute approximate surface area is 92.9 Å². The molecule has 0 spiro atoms. The van der Waals surface area contributed by atoms with Crippen LogP contribution in [0.5, 0.6) is 0 Å². The van der Waals surface area contributed by atoms with E-state index in [1.165, 1.54) is 6.92 Å². The van der Waals surface area contributed by atoms with E-state index in [1.54, 1.807) is 6.92 Å². The Morgan fingerprint density at radius 3 is 2.27 bits per heavy atom. The molecule has 0 radical (unpaired) electrons. The third-order valence-corrected chi connectivity index (χ3v) is 1.79. The number of carbonyl (C=O) groups excluding carboxylic acids is 3. The fraction of sp³-hybridized carbons (Fsp3) is 0.727. The predicted molar refractivity (Wildman–Crippen MR) is 61.7 cm³/mol. The maximum atomic E-state index is 11.2. The Bertz CT molecular complexity index is 207. The first-order valence-corrected chi connectivity index (χ1v) is 5.33. The molecular weight excluding hydrogens is 194 g/mol. The molecular formula is C11H23NO3. The lowest BCUT2D eigenvalue weighted by Crippen LogP contribution is -2.35. The normalized spacial score (nSPS) is 10.7. The molecule has 0 aliphatic rings. The molecule has 90 valence electrons. The number of nitrogens with one attached hydrogen (secondary N) is 1. The van der Waals surface area contributed by atoms with Crippen molar-refractivity contribution >= 4 is 18.0 Å². The molecule has 4 nitrogen and oxygen atoms in total. The number of ketones is 2. The first-order valence-electron chi connectivity index (χ1n) is 5.33. The summed E-state index contributed by atoms with van der Waals surface area (Å²) in [5, 5.41) is 2.41. The van der Waals surface area contributed by atoms with Crippen LogP contribution >= 0.6 is 0 Å². The van der Waals surface area contributed by atoms with Crippen molar-refractivity contribution in [2.24, 2.45) is 0 Å². The second-order valence-corrected chi connectivity index (χ2v) is 2.90. The minimum Gasteiger partial charge on any atom is -0.349 e. The van der Waals surface area contributed by atoms with Crippen molar-refractivity contribution < 1.29 is 15.8 Å². The van der Waals surface area contributed by atoms with Crippen LogP contribution in [0.15, 0.2) is 0 Å². The number of hydrogen-bond acceptors (Lipinski definition) is 3. The lowest BCUT2D eigenvalue weighted by Gasteiger charge is -2.12. The molecule has 1 atom stereocenters. The molecule has 0 saturated carbocycles. The van der Waals surface area contributed by atoms with Gasteiger partial charge in [-0.15, -0.1) is 0 Å². The molecule has 0 aliphatic carbocycles. The molecule has 1 amide bonds. The van der Waals surface area contributed by atoms with Gasteiger partial charge < -0.3 is 10.1 Å². The summed E-state index contributed by atoms with van der Waals surface area (Å²) in [6.45, 7) is 7.20. The van der Waals surface area contributed by atoms with Crippen LogP contribution in [0, 0.1) is 0 Å². The van der Waals surface area contributed by atoms with Gasteiger partial charge in [0.25, 0.3) is 0 Å². The minimum absolute atomic E-state index is 0. The summed E-state index contributed by atoms with van der Waals surface area (Å²) in [6.07, 6.45) is 1.61. The van der Waals surface area contributed by atoms with Gasteiger partial charge in [0.05, 0.1) is 6.04 Å². The largest absolute Gasteiger partial charge is 0.349 e. The fourth-order valence-corrected chi connectivity index (χ4v) is 1.01. The van der Waals surface area contributed by atoms with Crippen molar-refractivity contribution in [3.8, 4) is 0 Å². The molecule has 0 aliphatic heterocycles. The quantitative estimate of drug-likeness (QED) is 0.660. The Kier molecular flexibility index (Phi) is 11.8. The second-order valence-electron chi connectivity index (χ2n) is 2.90. The molecule has 4 heteroatoms. The van der Waals surface area contributed by atoms with Crippen LogP contribution in [0.2, 0.25) is 0 Å². The zero-order valence-corrected chi connectivity index (χ0v) is 10.0. The summed E-state index contributed by atoms with van der Waals surface area (Å²) in [7, 11) is 0. The van der Waals surface area contributed by atoms with Crippen molar-refractivity contribution in [2.45, 2.75) is 53.0 Å². The third kappa shape index (κ3) is 9.12. The van der Waals surface area contributed by atoms with E-state index >= 15 is 0 Å². The maximum Gasteiger partial charge on any atom is 0.207 e. The smallest absolute Gasteiger partial charge is 0.207 e. The molecule has 0 aromatic rings. The van der Waals surface area contributed by atoms with Gasteiger partial charge in [0.15, 0.2) is 5.78 Å². The van der Waals surface area contributed by atoms with Crippen LogP contribution in [0.25, 0.3) is 0 Å². The van der Waals surface area contributed by atoms with E-state index in [0.717, 1.165) is 0 Å². The van der Waals surface area contributed by atoms with Crippen LogP contribution < -0.4 is 5.32 Å². The number of carbonyl (C=O) groups is 3. The van der Waals surface area contributed by atoms with Gasteiger partial charge in [-0.3, -0.25) is 9.59 Å². The summed E-state index contributed by atoms with van der Waals surface area (Å²) in [6, 6.07) is -0.494. The van der Waals surface area contributed by atoms with Crippen LogP contribution in [-0.2, 0) is 14.4 Å². The van der Waals surface area contributed by atoms with E-state index in [-0.39, 0.29) is 13.0 Å². The monoisotopic (exact) mass is 217 g/mol. The average Bonchev–Trinajstić information content (AvgIpc) is 2.25. The van der Waals surface area contributed by atoms with Gasteiger partial charge in [0.2, 0.25) is 6.41 Å². The highest BCUT2D eigenvalue weighted by Gasteiger charge is 2.15. The molecule has 1 N–H and O–H groups in total. The SMILES string of the molecule is CC.CCC(=O)[C@H](CCC(C)=O)NC=O.[HH]. The summed E-state index contributed by atoms with van der Waals surface area (Å²) >= 11 is 0. The topological polar surface area (TPSA) is 63.2 Å². The first kappa shape index (κ1) is 16.2. The molecule has 0 rings (SSSR count). The summed E-state index contributed by atoms with van der Waals surface area (Å²) in [5.41, 5.74) is 0. The van der Waals surface area contributed by atoms with Crippen LogP contribution in [0.1, 0.15) is 48.4 Å². The van der Waals surface area contributed by atoms with Crippen molar-refractivity contribution in [1.29, 1.82) is 0 Å². The van der Waals surface area contributed by atoms with E-state index in [4.69, 9.17) is 0 Å². The van der Waals surface area contributed by atoms with Gasteiger partial charge in [0.1, 0.15) is 5.78 Å². The Morgan fingerprint density at radius 1 is 1.40 bits per heavy atom. The third-order valence-electron chi connectivity index (χ3n) is 1.79. The van der Waals surface area contributed by atoms with Gasteiger partial charge in [0, 0.05) is 14.3 Å². The standard InChI is InChI=1S/C9H15NO3.C2H6.H2/c1-3-9(13)8(10-6-11)5-4-7(2)12;1-2;/h6,8H,3-5H2,1-2H3,(H,10,11);1-2H3;1H/t8-;;/m0../s1. The summed E-state index contributed by atoms with van der Waals surface area (Å²) in [4.78, 5) is 31.9. The van der Waals surface area contributed by atoms with E-state index in [0.29, 0.717) is 25.7 Å². The van der Waals surface area contributed by atoms with E-state index in [9.17, 15) is 14.4 Å². The lowest BCUT2D eigenvalue weighted by molar-refractivity contribution is -0.124. The van der Waals surface area contributed by atoms with Gasteiger partial charge in [-0.25, -0.2) is 0 Å². The molecule has 0 heterocycles. The van der Waals surface area contributed by atoms with Crippen LogP contribution in [0.4, 0.5) is 0 Å². The molecule has 0 unspecified atom stereocenters. The molecule has 0 aromatic carbocycles. The molecule has 0 aromatic heterocycles. The second kappa shape index (κ2) is 10.9. The first-order chi connectivity index (χ1) is 7.11. The van der Waals surface area contributed by atoms with Crippen molar-refractivity contribution in [2.75, 3.05) is 0 Å². The average molecular weight is 217 g/mol. The number of rotatable bonds is 7. The number of hydrogen-bond donors (Lipinski definition) is 1. The molecule has 0 saturated heterocycles. The van der Waals surface area contributed by atoms with E-state index < -0.39 is 6.04 Å². The summed E-state index contributed by atoms with van der Waals surface area (Å²) in [5.74, 6) is -0.00467.